The lowest BCUT2D eigenvalue weighted by Gasteiger charge is -2.17. The number of benzene rings is 2. The Morgan fingerprint density at radius 3 is 2.62 bits per heavy atom. The molecule has 0 aliphatic carbocycles. The minimum atomic E-state index is -0.644. The molecule has 0 bridgehead atoms. The molecule has 0 radical (unpaired) electrons. The molecule has 0 saturated heterocycles. The molecule has 1 aromatic heterocycles. The summed E-state index contributed by atoms with van der Waals surface area (Å²) in [6.45, 7) is 5.25. The molecule has 29 heavy (non-hydrogen) atoms. The lowest BCUT2D eigenvalue weighted by atomic mass is 10.2. The van der Waals surface area contributed by atoms with E-state index in [2.05, 4.69) is 15.6 Å². The van der Waals surface area contributed by atoms with E-state index in [0.29, 0.717) is 11.2 Å². The van der Waals surface area contributed by atoms with Gasteiger partial charge in [0.15, 0.2) is 0 Å². The molecule has 0 spiro atoms. The van der Waals surface area contributed by atoms with E-state index in [1.807, 2.05) is 0 Å². The molecular formula is C20H21ClFN5O2. The third-order valence-electron chi connectivity index (χ3n) is 4.16. The highest BCUT2D eigenvalue weighted by atomic mass is 35.5. The van der Waals surface area contributed by atoms with Gasteiger partial charge in [0.05, 0.1) is 33.3 Å². The standard InChI is InChI=1S/C20H21ClFN5O2/c1-10(2)24-20(29)26-16-9-12(7-8-14(16)22)27-18(11(3)23)25-15-6-4-5-13(21)17(15)19(27)28/h4-11H,23H2,1-3H3,(H2,24,26,29)/t11-/m0/s1. The number of fused-ring (bicyclic) bond motifs is 1. The first-order chi connectivity index (χ1) is 13.7. The van der Waals surface area contributed by atoms with E-state index in [0.717, 1.165) is 6.07 Å². The maximum Gasteiger partial charge on any atom is 0.319 e. The van der Waals surface area contributed by atoms with E-state index in [-0.39, 0.29) is 28.0 Å². The molecule has 3 rings (SSSR count). The van der Waals surface area contributed by atoms with E-state index in [9.17, 15) is 14.0 Å². The zero-order valence-corrected chi connectivity index (χ0v) is 16.9. The highest BCUT2D eigenvalue weighted by Gasteiger charge is 2.18. The molecule has 0 unspecified atom stereocenters. The van der Waals surface area contributed by atoms with Crippen molar-refractivity contribution in [3.05, 3.63) is 63.4 Å². The molecule has 0 saturated carbocycles. The smallest absolute Gasteiger partial charge is 0.319 e. The van der Waals surface area contributed by atoms with E-state index in [1.54, 1.807) is 39.0 Å². The van der Waals surface area contributed by atoms with Crippen LogP contribution in [0, 0.1) is 5.82 Å². The number of carbonyl (C=O) groups excluding carboxylic acids is 1. The van der Waals surface area contributed by atoms with Crippen LogP contribution in [0.5, 0.6) is 0 Å². The number of nitrogens with two attached hydrogens (primary N) is 1. The summed E-state index contributed by atoms with van der Waals surface area (Å²) in [5, 5.41) is 5.55. The first-order valence-electron chi connectivity index (χ1n) is 9.03. The van der Waals surface area contributed by atoms with Crippen LogP contribution in [0.2, 0.25) is 5.02 Å². The Hall–Kier alpha value is -2.97. The number of nitrogens with zero attached hydrogens (tertiary/aromatic N) is 2. The molecule has 4 N–H and O–H groups in total. The molecule has 7 nitrogen and oxygen atoms in total. The van der Waals surface area contributed by atoms with Gasteiger partial charge in [0.2, 0.25) is 0 Å². The van der Waals surface area contributed by atoms with E-state index >= 15 is 0 Å². The predicted octanol–water partition coefficient (Wildman–Crippen LogP) is 3.73. The van der Waals surface area contributed by atoms with E-state index < -0.39 is 23.4 Å². The molecule has 1 heterocycles. The van der Waals surface area contributed by atoms with Crippen molar-refractivity contribution in [3.63, 3.8) is 0 Å². The van der Waals surface area contributed by atoms with Crippen LogP contribution in [-0.4, -0.2) is 21.6 Å². The molecule has 2 aromatic carbocycles. The summed E-state index contributed by atoms with van der Waals surface area (Å²) < 4.78 is 15.6. The Morgan fingerprint density at radius 2 is 1.97 bits per heavy atom. The number of halogens is 2. The number of urea groups is 1. The van der Waals surface area contributed by atoms with Crippen LogP contribution in [0.15, 0.2) is 41.2 Å². The quantitative estimate of drug-likeness (QED) is 0.601. The molecule has 9 heteroatoms. The van der Waals surface area contributed by atoms with Gasteiger partial charge in [0.25, 0.3) is 5.56 Å². The number of amides is 2. The Balaban J connectivity index is 2.20. The fourth-order valence-electron chi connectivity index (χ4n) is 2.93. The lowest BCUT2D eigenvalue weighted by Crippen LogP contribution is -2.34. The Morgan fingerprint density at radius 1 is 1.24 bits per heavy atom. The molecule has 2 amide bonds. The van der Waals surface area contributed by atoms with Gasteiger partial charge in [-0.25, -0.2) is 14.2 Å². The highest BCUT2D eigenvalue weighted by molar-refractivity contribution is 6.35. The van der Waals surface area contributed by atoms with Gasteiger partial charge < -0.3 is 16.4 Å². The predicted molar refractivity (Wildman–Crippen MR) is 112 cm³/mol. The first-order valence-corrected chi connectivity index (χ1v) is 9.41. The number of hydrogen-bond donors (Lipinski definition) is 3. The molecular weight excluding hydrogens is 397 g/mol. The van der Waals surface area contributed by atoms with Gasteiger partial charge in [-0.05, 0) is 51.1 Å². The van der Waals surface area contributed by atoms with Crippen LogP contribution in [0.1, 0.15) is 32.6 Å². The Kier molecular flexibility index (Phi) is 5.86. The number of rotatable bonds is 4. The second kappa shape index (κ2) is 8.18. The van der Waals surface area contributed by atoms with Crippen LogP contribution < -0.4 is 21.9 Å². The van der Waals surface area contributed by atoms with Crippen molar-refractivity contribution in [1.29, 1.82) is 0 Å². The van der Waals surface area contributed by atoms with Crippen molar-refractivity contribution < 1.29 is 9.18 Å². The van der Waals surface area contributed by atoms with Gasteiger partial charge in [0.1, 0.15) is 11.6 Å². The first kappa shape index (κ1) is 20.8. The maximum absolute atomic E-state index is 14.3. The average molecular weight is 418 g/mol. The number of hydrogen-bond acceptors (Lipinski definition) is 4. The van der Waals surface area contributed by atoms with Crippen LogP contribution in [-0.2, 0) is 0 Å². The van der Waals surface area contributed by atoms with Crippen LogP contribution in [0.3, 0.4) is 0 Å². The van der Waals surface area contributed by atoms with Crippen molar-refractivity contribution >= 4 is 34.2 Å². The Labute approximate surface area is 171 Å². The monoisotopic (exact) mass is 417 g/mol. The van der Waals surface area contributed by atoms with Crippen LogP contribution >= 0.6 is 11.6 Å². The van der Waals surface area contributed by atoms with Crippen molar-refractivity contribution in [3.8, 4) is 5.69 Å². The fourth-order valence-corrected chi connectivity index (χ4v) is 3.18. The second-order valence-electron chi connectivity index (χ2n) is 6.95. The zero-order chi connectivity index (χ0) is 21.3. The van der Waals surface area contributed by atoms with E-state index in [4.69, 9.17) is 17.3 Å². The molecule has 0 fully saturated rings. The SMILES string of the molecule is CC(C)NC(=O)Nc1cc(-n2c([C@H](C)N)nc3cccc(Cl)c3c2=O)ccc1F. The van der Waals surface area contributed by atoms with Gasteiger partial charge in [-0.2, -0.15) is 0 Å². The summed E-state index contributed by atoms with van der Waals surface area (Å²) in [7, 11) is 0. The van der Waals surface area contributed by atoms with Crippen molar-refractivity contribution in [2.75, 3.05) is 5.32 Å². The molecule has 3 aromatic rings. The average Bonchev–Trinajstić information content (AvgIpc) is 2.62. The molecule has 0 aliphatic rings. The van der Waals surface area contributed by atoms with Crippen LogP contribution in [0.25, 0.3) is 16.6 Å². The summed E-state index contributed by atoms with van der Waals surface area (Å²) in [5.74, 6) is -0.358. The van der Waals surface area contributed by atoms with Gasteiger partial charge in [-0.15, -0.1) is 0 Å². The summed E-state index contributed by atoms with van der Waals surface area (Å²) in [4.78, 5) is 29.7. The summed E-state index contributed by atoms with van der Waals surface area (Å²) in [5.41, 5.74) is 6.25. The Bertz CT molecular complexity index is 1140. The zero-order valence-electron chi connectivity index (χ0n) is 16.2. The van der Waals surface area contributed by atoms with Crippen molar-refractivity contribution in [2.24, 2.45) is 5.73 Å². The largest absolute Gasteiger partial charge is 0.336 e. The third kappa shape index (κ3) is 4.23. The maximum atomic E-state index is 14.3. The molecule has 0 aliphatic heterocycles. The topological polar surface area (TPSA) is 102 Å². The summed E-state index contributed by atoms with van der Waals surface area (Å²) in [6.07, 6.45) is 0. The number of nitrogens with one attached hydrogen (secondary N) is 2. The highest BCUT2D eigenvalue weighted by Crippen LogP contribution is 2.24. The number of anilines is 1. The third-order valence-corrected chi connectivity index (χ3v) is 4.47. The number of carbonyl (C=O) groups is 1. The normalized spacial score (nSPS) is 12.2. The van der Waals surface area contributed by atoms with Crippen LogP contribution in [0.4, 0.5) is 14.9 Å². The number of aromatic nitrogens is 2. The van der Waals surface area contributed by atoms with Gasteiger partial charge in [0, 0.05) is 6.04 Å². The van der Waals surface area contributed by atoms with Crippen molar-refractivity contribution in [1.82, 2.24) is 14.9 Å². The fraction of sp³-hybridized carbons (Fsp3) is 0.250. The molecule has 1 atom stereocenters. The van der Waals surface area contributed by atoms with Gasteiger partial charge in [-0.3, -0.25) is 9.36 Å². The van der Waals surface area contributed by atoms with Gasteiger partial charge >= 0.3 is 6.03 Å². The molecule has 152 valence electrons. The van der Waals surface area contributed by atoms with E-state index in [1.165, 1.54) is 16.7 Å². The van der Waals surface area contributed by atoms with Crippen molar-refractivity contribution in [2.45, 2.75) is 32.9 Å². The van der Waals surface area contributed by atoms with Gasteiger partial charge in [-0.1, -0.05) is 17.7 Å². The minimum Gasteiger partial charge on any atom is -0.336 e. The lowest BCUT2D eigenvalue weighted by molar-refractivity contribution is 0.250. The minimum absolute atomic E-state index is 0.0811. The summed E-state index contributed by atoms with van der Waals surface area (Å²) >= 11 is 6.22. The second-order valence-corrected chi connectivity index (χ2v) is 7.36. The summed E-state index contributed by atoms with van der Waals surface area (Å²) in [6, 6.07) is 7.62.